The van der Waals surface area contributed by atoms with E-state index in [1.807, 2.05) is 30.3 Å². The van der Waals surface area contributed by atoms with E-state index in [4.69, 9.17) is 4.42 Å². The quantitative estimate of drug-likeness (QED) is 0.415. The van der Waals surface area contributed by atoms with Crippen LogP contribution in [0, 0.1) is 10.1 Å². The number of nitro groups is 1. The second-order valence-electron chi connectivity index (χ2n) is 5.33. The van der Waals surface area contributed by atoms with E-state index in [9.17, 15) is 14.9 Å². The lowest BCUT2D eigenvalue weighted by molar-refractivity contribution is -0.384. The van der Waals surface area contributed by atoms with Crippen LogP contribution >= 0.6 is 0 Å². The van der Waals surface area contributed by atoms with E-state index in [2.05, 4.69) is 15.5 Å². The molecule has 0 saturated heterocycles. The molecule has 1 heterocycles. The van der Waals surface area contributed by atoms with Crippen molar-refractivity contribution in [3.63, 3.8) is 0 Å². The molecule has 0 aliphatic carbocycles. The number of rotatable bonds is 6. The third kappa shape index (κ3) is 4.60. The molecular formula is C18H14N4O4. The van der Waals surface area contributed by atoms with Crippen molar-refractivity contribution in [3.05, 3.63) is 87.8 Å². The number of nitrogens with zero attached hydrogens (tertiary/aromatic N) is 3. The van der Waals surface area contributed by atoms with Gasteiger partial charge in [-0.15, -0.1) is 5.10 Å². The summed E-state index contributed by atoms with van der Waals surface area (Å²) < 4.78 is 5.39. The van der Waals surface area contributed by atoms with E-state index in [0.29, 0.717) is 17.9 Å². The highest BCUT2D eigenvalue weighted by Crippen LogP contribution is 2.13. The van der Waals surface area contributed by atoms with Gasteiger partial charge >= 0.3 is 6.01 Å². The Morgan fingerprint density at radius 1 is 1.12 bits per heavy atom. The Hall–Kier alpha value is -3.81. The van der Waals surface area contributed by atoms with Gasteiger partial charge in [-0.25, -0.2) is 0 Å². The number of amides is 1. The molecule has 26 heavy (non-hydrogen) atoms. The van der Waals surface area contributed by atoms with Gasteiger partial charge in [0.25, 0.3) is 11.6 Å². The first-order chi connectivity index (χ1) is 12.6. The second-order valence-corrected chi connectivity index (χ2v) is 5.33. The standard InChI is InChI=1S/C18H14N4O4/c23-16(11-8-13-6-9-15(10-7-13)22(24)25)19-18-21-20-17(26-18)12-14-4-2-1-3-5-14/h1-11H,12H2,(H,19,21,23). The summed E-state index contributed by atoms with van der Waals surface area (Å²) in [6, 6.07) is 15.5. The number of carbonyl (C=O) groups is 1. The summed E-state index contributed by atoms with van der Waals surface area (Å²) in [4.78, 5) is 22.0. The summed E-state index contributed by atoms with van der Waals surface area (Å²) in [6.45, 7) is 0. The molecule has 0 aliphatic heterocycles. The largest absolute Gasteiger partial charge is 0.407 e. The van der Waals surface area contributed by atoms with E-state index in [-0.39, 0.29) is 11.7 Å². The molecule has 0 atom stereocenters. The van der Waals surface area contributed by atoms with Gasteiger partial charge in [0.2, 0.25) is 5.89 Å². The SMILES string of the molecule is O=C(C=Cc1ccc([N+](=O)[O-])cc1)Nc1nnc(Cc2ccccc2)o1. The van der Waals surface area contributed by atoms with Gasteiger partial charge in [0.1, 0.15) is 0 Å². The molecule has 0 bridgehead atoms. The summed E-state index contributed by atoms with van der Waals surface area (Å²) >= 11 is 0. The number of benzene rings is 2. The first-order valence-corrected chi connectivity index (χ1v) is 7.70. The first kappa shape index (κ1) is 17.0. The minimum Gasteiger partial charge on any atom is -0.407 e. The van der Waals surface area contributed by atoms with Gasteiger partial charge in [-0.1, -0.05) is 35.4 Å². The highest BCUT2D eigenvalue weighted by atomic mass is 16.6. The number of hydrogen-bond acceptors (Lipinski definition) is 6. The van der Waals surface area contributed by atoms with Gasteiger partial charge in [-0.05, 0) is 29.3 Å². The minimum atomic E-state index is -0.483. The maximum absolute atomic E-state index is 11.9. The zero-order valence-electron chi connectivity index (χ0n) is 13.5. The zero-order chi connectivity index (χ0) is 18.4. The van der Waals surface area contributed by atoms with Crippen LogP contribution in [0.5, 0.6) is 0 Å². The molecule has 0 unspecified atom stereocenters. The normalized spacial score (nSPS) is 10.8. The van der Waals surface area contributed by atoms with Crippen molar-refractivity contribution >= 4 is 23.7 Å². The number of non-ortho nitro benzene ring substituents is 1. The molecule has 130 valence electrons. The van der Waals surface area contributed by atoms with Crippen molar-refractivity contribution in [2.75, 3.05) is 5.32 Å². The summed E-state index contributed by atoms with van der Waals surface area (Å²) in [6.07, 6.45) is 3.28. The molecule has 1 aromatic heterocycles. The van der Waals surface area contributed by atoms with Crippen molar-refractivity contribution in [3.8, 4) is 0 Å². The van der Waals surface area contributed by atoms with Crippen LogP contribution in [-0.4, -0.2) is 21.0 Å². The lowest BCUT2D eigenvalue weighted by atomic mass is 10.2. The van der Waals surface area contributed by atoms with Gasteiger partial charge < -0.3 is 4.42 Å². The van der Waals surface area contributed by atoms with Crippen molar-refractivity contribution < 1.29 is 14.1 Å². The van der Waals surface area contributed by atoms with E-state index in [0.717, 1.165) is 5.56 Å². The first-order valence-electron chi connectivity index (χ1n) is 7.70. The number of nitro benzene ring substituents is 1. The van der Waals surface area contributed by atoms with Gasteiger partial charge in [0.15, 0.2) is 0 Å². The monoisotopic (exact) mass is 350 g/mol. The molecule has 0 radical (unpaired) electrons. The maximum atomic E-state index is 11.9. The van der Waals surface area contributed by atoms with Crippen LogP contribution < -0.4 is 5.32 Å². The van der Waals surface area contributed by atoms with Crippen LogP contribution in [0.1, 0.15) is 17.0 Å². The Kier molecular flexibility index (Phi) is 5.14. The van der Waals surface area contributed by atoms with E-state index < -0.39 is 10.8 Å². The van der Waals surface area contributed by atoms with Crippen molar-refractivity contribution in [1.29, 1.82) is 0 Å². The summed E-state index contributed by atoms with van der Waals surface area (Å²) in [5.41, 5.74) is 1.66. The molecule has 0 spiro atoms. The van der Waals surface area contributed by atoms with Crippen LogP contribution in [0.2, 0.25) is 0 Å². The Balaban J connectivity index is 1.57. The van der Waals surface area contributed by atoms with Crippen LogP contribution in [0.3, 0.4) is 0 Å². The number of carbonyl (C=O) groups excluding carboxylic acids is 1. The van der Waals surface area contributed by atoms with E-state index >= 15 is 0 Å². The molecule has 3 aromatic rings. The van der Waals surface area contributed by atoms with Crippen molar-refractivity contribution in [2.45, 2.75) is 6.42 Å². The molecule has 0 aliphatic rings. The molecule has 1 amide bonds. The molecule has 0 fully saturated rings. The summed E-state index contributed by atoms with van der Waals surface area (Å²) in [7, 11) is 0. The zero-order valence-corrected chi connectivity index (χ0v) is 13.5. The smallest absolute Gasteiger partial charge is 0.322 e. The molecule has 8 nitrogen and oxygen atoms in total. The van der Waals surface area contributed by atoms with Crippen molar-refractivity contribution in [1.82, 2.24) is 10.2 Å². The fourth-order valence-corrected chi connectivity index (χ4v) is 2.17. The van der Waals surface area contributed by atoms with Crippen LogP contribution in [0.25, 0.3) is 6.08 Å². The molecule has 3 rings (SSSR count). The predicted molar refractivity (Wildman–Crippen MR) is 94.3 cm³/mol. The van der Waals surface area contributed by atoms with Crippen molar-refractivity contribution in [2.24, 2.45) is 0 Å². The van der Waals surface area contributed by atoms with E-state index in [1.54, 1.807) is 12.1 Å². The van der Waals surface area contributed by atoms with Gasteiger partial charge in [-0.2, -0.15) is 0 Å². The van der Waals surface area contributed by atoms with Gasteiger partial charge in [0, 0.05) is 18.2 Å². The Morgan fingerprint density at radius 2 is 1.85 bits per heavy atom. The number of nitrogens with one attached hydrogen (secondary N) is 1. The topological polar surface area (TPSA) is 111 Å². The molecule has 8 heteroatoms. The highest BCUT2D eigenvalue weighted by Gasteiger charge is 2.09. The predicted octanol–water partition coefficient (Wildman–Crippen LogP) is 3.22. The Labute approximate surface area is 148 Å². The average molecular weight is 350 g/mol. The number of anilines is 1. The Morgan fingerprint density at radius 3 is 2.54 bits per heavy atom. The third-order valence-electron chi connectivity index (χ3n) is 3.43. The molecule has 0 saturated carbocycles. The third-order valence-corrected chi connectivity index (χ3v) is 3.43. The number of hydrogen-bond donors (Lipinski definition) is 1. The minimum absolute atomic E-state index is 0.00859. The number of aromatic nitrogens is 2. The second kappa shape index (κ2) is 7.84. The lowest BCUT2D eigenvalue weighted by Crippen LogP contribution is -2.07. The highest BCUT2D eigenvalue weighted by molar-refractivity contribution is 6.00. The fourth-order valence-electron chi connectivity index (χ4n) is 2.17. The maximum Gasteiger partial charge on any atom is 0.322 e. The summed E-state index contributed by atoms with van der Waals surface area (Å²) in [5.74, 6) is -0.0517. The Bertz CT molecular complexity index is 933. The molecule has 1 N–H and O–H groups in total. The van der Waals surface area contributed by atoms with Gasteiger partial charge in [-0.3, -0.25) is 20.2 Å². The fraction of sp³-hybridized carbons (Fsp3) is 0.0556. The summed E-state index contributed by atoms with van der Waals surface area (Å²) in [5, 5.41) is 20.7. The van der Waals surface area contributed by atoms with Crippen LogP contribution in [0.4, 0.5) is 11.7 Å². The van der Waals surface area contributed by atoms with Crippen LogP contribution in [0.15, 0.2) is 65.1 Å². The van der Waals surface area contributed by atoms with E-state index in [1.165, 1.54) is 24.3 Å². The molecule has 2 aromatic carbocycles. The lowest BCUT2D eigenvalue weighted by Gasteiger charge is -1.96. The van der Waals surface area contributed by atoms with Gasteiger partial charge in [0.05, 0.1) is 11.3 Å². The average Bonchev–Trinajstić information content (AvgIpc) is 3.08. The molecular weight excluding hydrogens is 336 g/mol. The van der Waals surface area contributed by atoms with Crippen LogP contribution in [-0.2, 0) is 11.2 Å².